The van der Waals surface area contributed by atoms with Crippen molar-refractivity contribution >= 4 is 0 Å². The number of pyridine rings is 1. The van der Waals surface area contributed by atoms with Crippen molar-refractivity contribution in [2.75, 3.05) is 0 Å². The molecule has 0 fully saturated rings. The van der Waals surface area contributed by atoms with Crippen LogP contribution in [0.3, 0.4) is 0 Å². The molecular formula is C11H13N2+. The van der Waals surface area contributed by atoms with Crippen LogP contribution < -0.4 is 4.57 Å². The molecule has 0 saturated heterocycles. The summed E-state index contributed by atoms with van der Waals surface area (Å²) in [4.78, 5) is 0. The van der Waals surface area contributed by atoms with Crippen LogP contribution in [-0.4, -0.2) is 4.57 Å². The molecule has 0 bridgehead atoms. The van der Waals surface area contributed by atoms with Crippen LogP contribution in [0.25, 0.3) is 5.82 Å². The van der Waals surface area contributed by atoms with Crippen molar-refractivity contribution < 1.29 is 4.57 Å². The Kier molecular flexibility index (Phi) is 1.89. The summed E-state index contributed by atoms with van der Waals surface area (Å²) >= 11 is 0. The van der Waals surface area contributed by atoms with E-state index in [-0.39, 0.29) is 0 Å². The molecule has 0 amide bonds. The molecule has 2 aromatic heterocycles. The van der Waals surface area contributed by atoms with Crippen LogP contribution in [0, 0.1) is 6.92 Å². The smallest absolute Gasteiger partial charge is 0.237 e. The maximum absolute atomic E-state index is 2.17. The van der Waals surface area contributed by atoms with Crippen LogP contribution in [0.1, 0.15) is 5.69 Å². The molecular weight excluding hydrogens is 160 g/mol. The molecule has 0 N–H and O–H groups in total. The number of hydrogen-bond donors (Lipinski definition) is 0. The standard InChI is InChI=1S/C11H13N2/c1-10-6-5-9-13(10)11-7-3-4-8-12(11)2/h3-9H,1-2H3/q+1. The Balaban J connectivity index is 2.59. The Hall–Kier alpha value is -1.57. The van der Waals surface area contributed by atoms with Crippen molar-refractivity contribution in [3.8, 4) is 5.82 Å². The third-order valence-corrected chi connectivity index (χ3v) is 2.23. The van der Waals surface area contributed by atoms with Gasteiger partial charge in [-0.15, -0.1) is 0 Å². The normalized spacial score (nSPS) is 10.3. The molecule has 0 saturated carbocycles. The number of aromatic nitrogens is 2. The van der Waals surface area contributed by atoms with Gasteiger partial charge in [-0.05, 0) is 25.1 Å². The van der Waals surface area contributed by atoms with Crippen molar-refractivity contribution in [1.29, 1.82) is 0 Å². The van der Waals surface area contributed by atoms with Crippen LogP contribution in [0.4, 0.5) is 0 Å². The maximum Gasteiger partial charge on any atom is 0.285 e. The van der Waals surface area contributed by atoms with E-state index in [0.717, 1.165) is 0 Å². The average Bonchev–Trinajstić information content (AvgIpc) is 2.52. The lowest BCUT2D eigenvalue weighted by molar-refractivity contribution is -0.665. The van der Waals surface area contributed by atoms with Crippen molar-refractivity contribution in [2.24, 2.45) is 7.05 Å². The van der Waals surface area contributed by atoms with E-state index in [4.69, 9.17) is 0 Å². The average molecular weight is 173 g/mol. The fraction of sp³-hybridized carbons (Fsp3) is 0.182. The lowest BCUT2D eigenvalue weighted by atomic mass is 10.4. The quantitative estimate of drug-likeness (QED) is 0.579. The lowest BCUT2D eigenvalue weighted by Gasteiger charge is -2.00. The second-order valence-electron chi connectivity index (χ2n) is 3.19. The monoisotopic (exact) mass is 173 g/mol. The third kappa shape index (κ3) is 1.35. The Morgan fingerprint density at radius 3 is 2.62 bits per heavy atom. The van der Waals surface area contributed by atoms with Gasteiger partial charge in [-0.3, -0.25) is 0 Å². The second kappa shape index (κ2) is 3.05. The maximum atomic E-state index is 2.17. The van der Waals surface area contributed by atoms with Crippen LogP contribution in [0.2, 0.25) is 0 Å². The van der Waals surface area contributed by atoms with Gasteiger partial charge >= 0.3 is 0 Å². The van der Waals surface area contributed by atoms with Crippen molar-refractivity contribution in [3.05, 3.63) is 48.4 Å². The molecule has 0 aliphatic heterocycles. The van der Waals surface area contributed by atoms with E-state index >= 15 is 0 Å². The highest BCUT2D eigenvalue weighted by atomic mass is 15.1. The van der Waals surface area contributed by atoms with Crippen LogP contribution >= 0.6 is 0 Å². The summed E-state index contributed by atoms with van der Waals surface area (Å²) in [6, 6.07) is 10.3. The van der Waals surface area contributed by atoms with Crippen LogP contribution in [-0.2, 0) is 7.05 Å². The molecule has 13 heavy (non-hydrogen) atoms. The molecule has 0 aromatic carbocycles. The summed E-state index contributed by atoms with van der Waals surface area (Å²) < 4.78 is 4.27. The Morgan fingerprint density at radius 2 is 2.00 bits per heavy atom. The largest absolute Gasteiger partial charge is 0.285 e. The van der Waals surface area contributed by atoms with Gasteiger partial charge < -0.3 is 0 Å². The molecule has 0 aliphatic carbocycles. The first-order chi connectivity index (χ1) is 6.29. The summed E-state index contributed by atoms with van der Waals surface area (Å²) in [7, 11) is 2.05. The van der Waals surface area contributed by atoms with Crippen molar-refractivity contribution in [1.82, 2.24) is 4.57 Å². The number of hydrogen-bond acceptors (Lipinski definition) is 0. The Bertz CT molecular complexity index is 416. The molecule has 0 aliphatic rings. The number of aryl methyl sites for hydroxylation is 2. The number of rotatable bonds is 1. The highest BCUT2D eigenvalue weighted by Gasteiger charge is 2.08. The van der Waals surface area contributed by atoms with Crippen molar-refractivity contribution in [2.45, 2.75) is 6.92 Å². The van der Waals surface area contributed by atoms with Gasteiger partial charge in [0.2, 0.25) is 0 Å². The molecule has 2 rings (SSSR count). The minimum Gasteiger partial charge on any atom is -0.237 e. The second-order valence-corrected chi connectivity index (χ2v) is 3.19. The molecule has 2 heteroatoms. The summed E-state index contributed by atoms with van der Waals surface area (Å²) in [5.74, 6) is 1.19. The summed E-state index contributed by atoms with van der Waals surface area (Å²) in [6.45, 7) is 2.10. The SMILES string of the molecule is Cc1cccn1-c1cccc[n+]1C. The highest BCUT2D eigenvalue weighted by molar-refractivity contribution is 5.22. The Labute approximate surface area is 78.1 Å². The van der Waals surface area contributed by atoms with E-state index in [1.807, 2.05) is 6.07 Å². The minimum atomic E-state index is 1.19. The van der Waals surface area contributed by atoms with Gasteiger partial charge in [0.15, 0.2) is 0 Å². The molecule has 2 nitrogen and oxygen atoms in total. The van der Waals surface area contributed by atoms with E-state index in [0.29, 0.717) is 0 Å². The van der Waals surface area contributed by atoms with E-state index in [1.165, 1.54) is 11.5 Å². The van der Waals surface area contributed by atoms with Crippen LogP contribution in [0.5, 0.6) is 0 Å². The van der Waals surface area contributed by atoms with Gasteiger partial charge in [0.1, 0.15) is 5.69 Å². The zero-order valence-electron chi connectivity index (χ0n) is 7.94. The van der Waals surface area contributed by atoms with E-state index < -0.39 is 0 Å². The van der Waals surface area contributed by atoms with Gasteiger partial charge in [-0.25, -0.2) is 9.13 Å². The van der Waals surface area contributed by atoms with Crippen LogP contribution in [0.15, 0.2) is 42.7 Å². The molecule has 2 heterocycles. The first kappa shape index (κ1) is 8.05. The zero-order valence-corrected chi connectivity index (χ0v) is 7.94. The van der Waals surface area contributed by atoms with Gasteiger partial charge in [0.05, 0.1) is 19.4 Å². The molecule has 0 spiro atoms. The van der Waals surface area contributed by atoms with Gasteiger partial charge in [0, 0.05) is 6.07 Å². The van der Waals surface area contributed by atoms with Gasteiger partial charge in [-0.1, -0.05) is 6.07 Å². The fourth-order valence-corrected chi connectivity index (χ4v) is 1.49. The van der Waals surface area contributed by atoms with E-state index in [2.05, 4.69) is 59.8 Å². The highest BCUT2D eigenvalue weighted by Crippen LogP contribution is 2.06. The van der Waals surface area contributed by atoms with E-state index in [9.17, 15) is 0 Å². The number of nitrogens with zero attached hydrogens (tertiary/aromatic N) is 2. The molecule has 0 radical (unpaired) electrons. The minimum absolute atomic E-state index is 1.19. The predicted molar refractivity (Wildman–Crippen MR) is 51.7 cm³/mol. The molecule has 66 valence electrons. The zero-order chi connectivity index (χ0) is 9.26. The summed E-state index contributed by atoms with van der Waals surface area (Å²) in [5.41, 5.74) is 1.25. The first-order valence-electron chi connectivity index (χ1n) is 4.38. The van der Waals surface area contributed by atoms with Gasteiger partial charge in [0.25, 0.3) is 5.82 Å². The lowest BCUT2D eigenvalue weighted by Crippen LogP contribution is -2.33. The third-order valence-electron chi connectivity index (χ3n) is 2.23. The molecule has 0 atom stereocenters. The topological polar surface area (TPSA) is 8.81 Å². The van der Waals surface area contributed by atoms with Crippen molar-refractivity contribution in [3.63, 3.8) is 0 Å². The Morgan fingerprint density at radius 1 is 1.15 bits per heavy atom. The first-order valence-corrected chi connectivity index (χ1v) is 4.38. The summed E-state index contributed by atoms with van der Waals surface area (Å²) in [6.07, 6.45) is 4.12. The molecule has 2 aromatic rings. The predicted octanol–water partition coefficient (Wildman–Crippen LogP) is 1.61. The van der Waals surface area contributed by atoms with E-state index in [1.54, 1.807) is 0 Å². The molecule has 0 unspecified atom stereocenters. The summed E-state index contributed by atoms with van der Waals surface area (Å²) in [5, 5.41) is 0. The fourth-order valence-electron chi connectivity index (χ4n) is 1.49. The van der Waals surface area contributed by atoms with Gasteiger partial charge in [-0.2, -0.15) is 0 Å².